The first-order valence-corrected chi connectivity index (χ1v) is 15.1. The number of ether oxygens (including phenoxy) is 2. The molecule has 3 saturated carbocycles. The maximum Gasteiger partial charge on any atom is 0.258 e. The summed E-state index contributed by atoms with van der Waals surface area (Å²) in [5.74, 6) is 0.343. The molecule has 2 bridgehead atoms. The van der Waals surface area contributed by atoms with Crippen LogP contribution in [0.3, 0.4) is 0 Å². The summed E-state index contributed by atoms with van der Waals surface area (Å²) in [6.45, 7) is -0.314. The van der Waals surface area contributed by atoms with E-state index < -0.39 is 11.4 Å². The normalized spacial score (nSPS) is 23.7. The third-order valence-corrected chi connectivity index (χ3v) is 8.43. The molecule has 1 atom stereocenters. The molecule has 0 aliphatic heterocycles. The van der Waals surface area contributed by atoms with Crippen molar-refractivity contribution in [2.24, 2.45) is 5.92 Å². The highest BCUT2D eigenvalue weighted by atomic mass is 35.5. The third-order valence-electron chi connectivity index (χ3n) is 7.88. The van der Waals surface area contributed by atoms with Gasteiger partial charge in [0.25, 0.3) is 11.8 Å². The van der Waals surface area contributed by atoms with E-state index >= 15 is 0 Å². The van der Waals surface area contributed by atoms with Crippen LogP contribution in [0, 0.1) is 11.7 Å². The van der Waals surface area contributed by atoms with E-state index in [9.17, 15) is 14.0 Å². The molecular weight excluding hydrogens is 554 g/mol. The fraction of sp³-hybridized carbons (Fsp3) is 0.548. The van der Waals surface area contributed by atoms with Crippen LogP contribution in [0.1, 0.15) is 77.0 Å². The van der Waals surface area contributed by atoms with Crippen LogP contribution in [0.5, 0.6) is 11.5 Å². The highest BCUT2D eigenvalue weighted by molar-refractivity contribution is 6.31. The summed E-state index contributed by atoms with van der Waals surface area (Å²) < 4.78 is 25.0. The number of nitrogens with one attached hydrogen (secondary N) is 2. The molecule has 218 valence electrons. The second-order valence-corrected chi connectivity index (χ2v) is 12.1. The van der Waals surface area contributed by atoms with Gasteiger partial charge in [-0.15, -0.1) is 0 Å². The lowest BCUT2D eigenvalue weighted by molar-refractivity contribution is -0.127. The van der Waals surface area contributed by atoms with Crippen LogP contribution in [0.15, 0.2) is 42.5 Å². The number of amides is 2. The molecular formula is C31H39Cl2FN2O4. The summed E-state index contributed by atoms with van der Waals surface area (Å²) in [5.41, 5.74) is -0.407. The molecule has 2 N–H and O–H groups in total. The van der Waals surface area contributed by atoms with Crippen LogP contribution >= 0.6 is 23.2 Å². The monoisotopic (exact) mass is 592 g/mol. The second-order valence-electron chi connectivity index (χ2n) is 11.2. The second kappa shape index (κ2) is 14.9. The number of carbonyl (C=O) groups is 2. The summed E-state index contributed by atoms with van der Waals surface area (Å²) in [6.07, 6.45) is 12.7. The summed E-state index contributed by atoms with van der Waals surface area (Å²) in [7, 11) is 0. The number of carbonyl (C=O) groups excluding carboxylic acids is 2. The van der Waals surface area contributed by atoms with Gasteiger partial charge in [-0.1, -0.05) is 74.6 Å². The molecule has 9 heteroatoms. The van der Waals surface area contributed by atoms with Gasteiger partial charge in [0, 0.05) is 22.7 Å². The molecule has 2 aromatic carbocycles. The van der Waals surface area contributed by atoms with Crippen molar-refractivity contribution < 1.29 is 23.5 Å². The number of hydrogen-bond donors (Lipinski definition) is 2. The van der Waals surface area contributed by atoms with Crippen LogP contribution in [0.2, 0.25) is 10.0 Å². The Hall–Kier alpha value is -2.51. The van der Waals surface area contributed by atoms with Crippen molar-refractivity contribution in [3.05, 3.63) is 58.3 Å². The fourth-order valence-corrected chi connectivity index (χ4v) is 6.21. The predicted molar refractivity (Wildman–Crippen MR) is 156 cm³/mol. The SMILES string of the molecule is O=C(COc1ccc(Cl)cc1)NC1CCCCCCCCCC2CC(NC(=O)COc3ccc(Cl)c(F)c3)(C2)C1. The van der Waals surface area contributed by atoms with E-state index in [-0.39, 0.29) is 41.8 Å². The first-order chi connectivity index (χ1) is 19.3. The van der Waals surface area contributed by atoms with Crippen molar-refractivity contribution in [2.75, 3.05) is 13.2 Å². The van der Waals surface area contributed by atoms with Crippen molar-refractivity contribution in [3.63, 3.8) is 0 Å². The van der Waals surface area contributed by atoms with Crippen LogP contribution < -0.4 is 20.1 Å². The van der Waals surface area contributed by atoms with Gasteiger partial charge in [0.15, 0.2) is 13.2 Å². The molecule has 0 heterocycles. The Kier molecular flexibility index (Phi) is 11.4. The minimum absolute atomic E-state index is 0.00239. The largest absolute Gasteiger partial charge is 0.484 e. The first-order valence-electron chi connectivity index (χ1n) is 14.4. The summed E-state index contributed by atoms with van der Waals surface area (Å²) in [4.78, 5) is 25.9. The quantitative estimate of drug-likeness (QED) is 0.338. The van der Waals surface area contributed by atoms with Crippen molar-refractivity contribution in [3.8, 4) is 11.5 Å². The average molecular weight is 594 g/mol. The molecule has 3 fully saturated rings. The lowest BCUT2D eigenvalue weighted by Gasteiger charge is -2.50. The van der Waals surface area contributed by atoms with E-state index in [0.717, 1.165) is 38.5 Å². The molecule has 3 aliphatic rings. The lowest BCUT2D eigenvalue weighted by Crippen LogP contribution is -2.61. The molecule has 5 rings (SSSR count). The third kappa shape index (κ3) is 9.55. The maximum atomic E-state index is 13.8. The predicted octanol–water partition coefficient (Wildman–Crippen LogP) is 7.25. The van der Waals surface area contributed by atoms with Gasteiger partial charge in [-0.2, -0.15) is 0 Å². The summed E-state index contributed by atoms with van der Waals surface area (Å²) in [6, 6.07) is 10.9. The molecule has 6 nitrogen and oxygen atoms in total. The summed E-state index contributed by atoms with van der Waals surface area (Å²) in [5, 5.41) is 7.01. The topological polar surface area (TPSA) is 76.7 Å². The molecule has 0 aromatic heterocycles. The van der Waals surface area contributed by atoms with Crippen molar-refractivity contribution >= 4 is 35.0 Å². The fourth-order valence-electron chi connectivity index (χ4n) is 5.97. The number of hydrogen-bond acceptors (Lipinski definition) is 4. The van der Waals surface area contributed by atoms with Crippen molar-refractivity contribution in [2.45, 2.75) is 88.6 Å². The van der Waals surface area contributed by atoms with E-state index in [4.69, 9.17) is 32.7 Å². The molecule has 2 amide bonds. The zero-order valence-electron chi connectivity index (χ0n) is 22.9. The van der Waals surface area contributed by atoms with Crippen LogP contribution in [0.4, 0.5) is 4.39 Å². The Morgan fingerprint density at radius 1 is 0.800 bits per heavy atom. The minimum atomic E-state index is -0.593. The van der Waals surface area contributed by atoms with Crippen molar-refractivity contribution in [1.29, 1.82) is 0 Å². The van der Waals surface area contributed by atoms with Gasteiger partial charge in [0.1, 0.15) is 17.3 Å². The van der Waals surface area contributed by atoms with E-state index in [1.807, 2.05) is 0 Å². The Bertz CT molecular complexity index is 1120. The zero-order chi connectivity index (χ0) is 28.4. The Labute approximate surface area is 246 Å². The Morgan fingerprint density at radius 2 is 1.40 bits per heavy atom. The van der Waals surface area contributed by atoms with Gasteiger partial charge in [0.05, 0.1) is 5.02 Å². The molecule has 0 saturated heterocycles. The van der Waals surface area contributed by atoms with Gasteiger partial charge in [-0.3, -0.25) is 9.59 Å². The van der Waals surface area contributed by atoms with Crippen LogP contribution in [-0.2, 0) is 9.59 Å². The Morgan fingerprint density at radius 3 is 2.10 bits per heavy atom. The summed E-state index contributed by atoms with van der Waals surface area (Å²) >= 11 is 11.7. The lowest BCUT2D eigenvalue weighted by atomic mass is 9.63. The number of rotatable bonds is 8. The molecule has 0 radical (unpaired) electrons. The standard InChI is InChI=1S/C31H39Cl2FN2O4/c32-23-10-12-25(13-11-23)39-20-29(37)35-24-9-7-5-3-1-2-4-6-8-22-17-31(18-22,19-24)36-30(38)21-40-26-14-15-27(33)28(34)16-26/h10-16,22,24H,1-9,17-21H2,(H,35,37)(H,36,38). The first kappa shape index (κ1) is 30.4. The van der Waals surface area contributed by atoms with Gasteiger partial charge < -0.3 is 20.1 Å². The van der Waals surface area contributed by atoms with Gasteiger partial charge in [-0.25, -0.2) is 4.39 Å². The van der Waals surface area contributed by atoms with Gasteiger partial charge in [-0.05, 0) is 68.0 Å². The molecule has 1 unspecified atom stereocenters. The van der Waals surface area contributed by atoms with E-state index in [1.54, 1.807) is 24.3 Å². The van der Waals surface area contributed by atoms with Gasteiger partial charge >= 0.3 is 0 Å². The minimum Gasteiger partial charge on any atom is -0.484 e. The highest BCUT2D eigenvalue weighted by Gasteiger charge is 2.46. The van der Waals surface area contributed by atoms with E-state index in [2.05, 4.69) is 10.6 Å². The van der Waals surface area contributed by atoms with Crippen LogP contribution in [-0.4, -0.2) is 36.6 Å². The van der Waals surface area contributed by atoms with Crippen LogP contribution in [0.25, 0.3) is 0 Å². The number of benzene rings is 2. The molecule has 2 aromatic rings. The zero-order valence-corrected chi connectivity index (χ0v) is 24.4. The maximum absolute atomic E-state index is 13.8. The van der Waals surface area contributed by atoms with Gasteiger partial charge in [0.2, 0.25) is 0 Å². The highest BCUT2D eigenvalue weighted by Crippen LogP contribution is 2.44. The van der Waals surface area contributed by atoms with E-state index in [1.165, 1.54) is 50.3 Å². The Balaban J connectivity index is 1.38. The average Bonchev–Trinajstić information content (AvgIpc) is 2.91. The number of halogens is 3. The molecule has 40 heavy (non-hydrogen) atoms. The molecule has 3 aliphatic carbocycles. The molecule has 0 spiro atoms. The number of fused-ring (bicyclic) bond motifs is 10. The van der Waals surface area contributed by atoms with E-state index in [0.29, 0.717) is 23.1 Å². The van der Waals surface area contributed by atoms with Crippen molar-refractivity contribution in [1.82, 2.24) is 10.6 Å². The smallest absolute Gasteiger partial charge is 0.258 e.